The second kappa shape index (κ2) is 5.23. The molecule has 17 heavy (non-hydrogen) atoms. The van der Waals surface area contributed by atoms with Crippen molar-refractivity contribution in [2.75, 3.05) is 12.8 Å². The predicted octanol–water partition coefficient (Wildman–Crippen LogP) is 2.07. The van der Waals surface area contributed by atoms with E-state index in [1.165, 1.54) is 0 Å². The van der Waals surface area contributed by atoms with Crippen molar-refractivity contribution in [3.8, 4) is 0 Å². The summed E-state index contributed by atoms with van der Waals surface area (Å²) in [4.78, 5) is -0.0362. The standard InChI is InChI=1S/C12H15F2NOS/c1-15-11(8-2-3-8)7-17(16)12-6-9(13)4-5-10(12)14/h4-6,8,11,15H,2-3,7H2,1H3. The van der Waals surface area contributed by atoms with E-state index in [0.29, 0.717) is 11.7 Å². The largest absolute Gasteiger partial charge is 0.316 e. The van der Waals surface area contributed by atoms with Crippen LogP contribution >= 0.6 is 0 Å². The molecular weight excluding hydrogens is 244 g/mol. The molecule has 1 N–H and O–H groups in total. The van der Waals surface area contributed by atoms with Gasteiger partial charge in [0.05, 0.1) is 15.7 Å². The molecule has 1 aromatic carbocycles. The van der Waals surface area contributed by atoms with Crippen LogP contribution in [0.1, 0.15) is 12.8 Å². The first kappa shape index (κ1) is 12.6. The Morgan fingerprint density at radius 2 is 2.18 bits per heavy atom. The fraction of sp³-hybridized carbons (Fsp3) is 0.500. The average molecular weight is 259 g/mol. The van der Waals surface area contributed by atoms with E-state index in [9.17, 15) is 13.0 Å². The lowest BCUT2D eigenvalue weighted by Crippen LogP contribution is -2.33. The Balaban J connectivity index is 2.10. The SMILES string of the molecule is CNC(CS(=O)c1cc(F)ccc1F)C1CC1. The molecule has 1 aromatic rings. The smallest absolute Gasteiger partial charge is 0.139 e. The van der Waals surface area contributed by atoms with Gasteiger partial charge in [0.2, 0.25) is 0 Å². The van der Waals surface area contributed by atoms with E-state index in [4.69, 9.17) is 0 Å². The summed E-state index contributed by atoms with van der Waals surface area (Å²) in [5, 5.41) is 3.09. The molecule has 5 heteroatoms. The normalized spacial score (nSPS) is 19.0. The molecule has 0 aromatic heterocycles. The third-order valence-electron chi connectivity index (χ3n) is 3.03. The molecule has 0 bridgehead atoms. The number of hydrogen-bond donors (Lipinski definition) is 1. The molecule has 0 spiro atoms. The second-order valence-corrected chi connectivity index (χ2v) is 5.78. The zero-order valence-corrected chi connectivity index (χ0v) is 10.4. The van der Waals surface area contributed by atoms with E-state index >= 15 is 0 Å². The Morgan fingerprint density at radius 1 is 1.47 bits per heavy atom. The molecule has 1 saturated carbocycles. The van der Waals surface area contributed by atoms with Crippen molar-refractivity contribution < 1.29 is 13.0 Å². The number of nitrogens with one attached hydrogen (secondary N) is 1. The van der Waals surface area contributed by atoms with Crippen LogP contribution in [0.3, 0.4) is 0 Å². The molecule has 0 saturated heterocycles. The van der Waals surface area contributed by atoms with Crippen molar-refractivity contribution in [1.82, 2.24) is 5.32 Å². The minimum Gasteiger partial charge on any atom is -0.316 e. The zero-order chi connectivity index (χ0) is 12.4. The molecule has 0 amide bonds. The highest BCUT2D eigenvalue weighted by atomic mass is 32.2. The number of halogens is 2. The van der Waals surface area contributed by atoms with Crippen LogP contribution in [0.25, 0.3) is 0 Å². The van der Waals surface area contributed by atoms with Gasteiger partial charge in [0, 0.05) is 11.8 Å². The van der Waals surface area contributed by atoms with Crippen molar-refractivity contribution >= 4 is 10.8 Å². The van der Waals surface area contributed by atoms with E-state index in [2.05, 4.69) is 5.32 Å². The maximum absolute atomic E-state index is 13.4. The molecule has 94 valence electrons. The first-order chi connectivity index (χ1) is 8.11. The zero-order valence-electron chi connectivity index (χ0n) is 9.58. The summed E-state index contributed by atoms with van der Waals surface area (Å²) in [5.74, 6) is -0.292. The monoisotopic (exact) mass is 259 g/mol. The Labute approximate surface area is 102 Å². The molecule has 0 aliphatic heterocycles. The van der Waals surface area contributed by atoms with E-state index < -0.39 is 22.4 Å². The quantitative estimate of drug-likeness (QED) is 0.877. The highest BCUT2D eigenvalue weighted by molar-refractivity contribution is 7.85. The number of rotatable bonds is 5. The lowest BCUT2D eigenvalue weighted by Gasteiger charge is -2.14. The minimum atomic E-state index is -1.49. The fourth-order valence-electron chi connectivity index (χ4n) is 1.86. The highest BCUT2D eigenvalue weighted by Gasteiger charge is 2.31. The fourth-order valence-corrected chi connectivity index (χ4v) is 3.33. The molecule has 0 radical (unpaired) electrons. The molecule has 2 rings (SSSR count). The molecule has 2 unspecified atom stereocenters. The van der Waals surface area contributed by atoms with E-state index in [1.54, 1.807) is 0 Å². The Bertz CT molecular complexity index is 435. The van der Waals surface area contributed by atoms with Gasteiger partial charge in [-0.15, -0.1) is 0 Å². The van der Waals surface area contributed by atoms with Gasteiger partial charge in [0.25, 0.3) is 0 Å². The van der Waals surface area contributed by atoms with Gasteiger partial charge >= 0.3 is 0 Å². The average Bonchev–Trinajstić information content (AvgIpc) is 3.13. The van der Waals surface area contributed by atoms with E-state index in [0.717, 1.165) is 31.0 Å². The van der Waals surface area contributed by atoms with Gasteiger partial charge in [-0.1, -0.05) is 0 Å². The van der Waals surface area contributed by atoms with Crippen LogP contribution < -0.4 is 5.32 Å². The molecule has 2 nitrogen and oxygen atoms in total. The van der Waals surface area contributed by atoms with Crippen molar-refractivity contribution in [2.24, 2.45) is 5.92 Å². The molecule has 1 aliphatic carbocycles. The number of hydrogen-bond acceptors (Lipinski definition) is 2. The third-order valence-corrected chi connectivity index (χ3v) is 4.50. The molecular formula is C12H15F2NOS. The molecule has 0 heterocycles. The maximum Gasteiger partial charge on any atom is 0.139 e. The lowest BCUT2D eigenvalue weighted by atomic mass is 10.2. The van der Waals surface area contributed by atoms with Gasteiger partial charge in [-0.3, -0.25) is 4.21 Å². The summed E-state index contributed by atoms with van der Waals surface area (Å²) in [7, 11) is 0.314. The van der Waals surface area contributed by atoms with Gasteiger partial charge < -0.3 is 5.32 Å². The van der Waals surface area contributed by atoms with Gasteiger partial charge in [0.15, 0.2) is 0 Å². The lowest BCUT2D eigenvalue weighted by molar-refractivity contribution is 0.541. The Morgan fingerprint density at radius 3 is 2.76 bits per heavy atom. The van der Waals surface area contributed by atoms with Crippen LogP contribution in [-0.2, 0) is 10.8 Å². The van der Waals surface area contributed by atoms with E-state index in [-0.39, 0.29) is 10.9 Å². The maximum atomic E-state index is 13.4. The van der Waals surface area contributed by atoms with Gasteiger partial charge in [0.1, 0.15) is 11.6 Å². The van der Waals surface area contributed by atoms with Crippen LogP contribution in [0, 0.1) is 17.6 Å². The third kappa shape index (κ3) is 3.10. The summed E-state index contributed by atoms with van der Waals surface area (Å²) < 4.78 is 38.4. The first-order valence-corrected chi connectivity index (χ1v) is 6.94. The predicted molar refractivity (Wildman–Crippen MR) is 63.2 cm³/mol. The van der Waals surface area contributed by atoms with Crippen molar-refractivity contribution in [1.29, 1.82) is 0 Å². The second-order valence-electron chi connectivity index (χ2n) is 4.32. The molecule has 1 aliphatic rings. The van der Waals surface area contributed by atoms with Crippen molar-refractivity contribution in [2.45, 2.75) is 23.8 Å². The van der Waals surface area contributed by atoms with Crippen molar-refractivity contribution in [3.05, 3.63) is 29.8 Å². The van der Waals surface area contributed by atoms with Gasteiger partial charge in [-0.25, -0.2) is 8.78 Å². The molecule has 2 atom stereocenters. The van der Waals surface area contributed by atoms with Crippen LogP contribution in [0.4, 0.5) is 8.78 Å². The number of benzene rings is 1. The van der Waals surface area contributed by atoms with E-state index in [1.807, 2.05) is 7.05 Å². The summed E-state index contributed by atoms with van der Waals surface area (Å²) >= 11 is 0. The topological polar surface area (TPSA) is 29.1 Å². The van der Waals surface area contributed by atoms with Crippen LogP contribution in [0.5, 0.6) is 0 Å². The van der Waals surface area contributed by atoms with Gasteiger partial charge in [-0.2, -0.15) is 0 Å². The Hall–Kier alpha value is -0.810. The summed E-state index contributed by atoms with van der Waals surface area (Å²) in [6, 6.07) is 3.20. The summed E-state index contributed by atoms with van der Waals surface area (Å²) in [5.41, 5.74) is 0. The summed E-state index contributed by atoms with van der Waals surface area (Å²) in [6.07, 6.45) is 2.24. The first-order valence-electron chi connectivity index (χ1n) is 5.62. The van der Waals surface area contributed by atoms with Crippen LogP contribution in [0.15, 0.2) is 23.1 Å². The van der Waals surface area contributed by atoms with Gasteiger partial charge in [-0.05, 0) is 44.0 Å². The van der Waals surface area contributed by atoms with Crippen LogP contribution in [0.2, 0.25) is 0 Å². The van der Waals surface area contributed by atoms with Crippen LogP contribution in [-0.4, -0.2) is 23.1 Å². The minimum absolute atomic E-state index is 0.0362. The highest BCUT2D eigenvalue weighted by Crippen LogP contribution is 2.33. The molecule has 1 fully saturated rings. The summed E-state index contributed by atoms with van der Waals surface area (Å²) in [6.45, 7) is 0. The van der Waals surface area contributed by atoms with Crippen molar-refractivity contribution in [3.63, 3.8) is 0 Å². The Kier molecular flexibility index (Phi) is 3.89.